The molecule has 2 aromatic rings. The fourth-order valence-corrected chi connectivity index (χ4v) is 5.49. The van der Waals surface area contributed by atoms with Crippen LogP contribution in [0.2, 0.25) is 0 Å². The zero-order chi connectivity index (χ0) is 25.1. The standard InChI is InChI=1S/C25H23N3O5S2/c1-15-18(13-26)22(30)28(14-17-8-5-11-33-17)24(32)21(15)19(29)9-10-27-23(31)20(35-25(27)34)12-16-6-3-2-4-7-16/h2-4,6-7,12,17,32H,5,8-11,14H2,1H3/b20-12-. The van der Waals surface area contributed by atoms with Crippen molar-refractivity contribution in [3.63, 3.8) is 0 Å². The molecule has 0 spiro atoms. The van der Waals surface area contributed by atoms with Gasteiger partial charge in [-0.05, 0) is 37.0 Å². The summed E-state index contributed by atoms with van der Waals surface area (Å²) in [5.41, 5.74) is 0.0441. The molecular formula is C25H23N3O5S2. The van der Waals surface area contributed by atoms with E-state index in [1.807, 2.05) is 36.4 Å². The van der Waals surface area contributed by atoms with Gasteiger partial charge in [-0.15, -0.1) is 0 Å². The lowest BCUT2D eigenvalue weighted by molar-refractivity contribution is -0.122. The summed E-state index contributed by atoms with van der Waals surface area (Å²) in [6, 6.07) is 11.2. The van der Waals surface area contributed by atoms with Gasteiger partial charge in [0.15, 0.2) is 5.78 Å². The van der Waals surface area contributed by atoms with Crippen LogP contribution in [0.5, 0.6) is 5.88 Å². The minimum absolute atomic E-state index is 0.0151. The Labute approximate surface area is 211 Å². The highest BCUT2D eigenvalue weighted by molar-refractivity contribution is 8.26. The summed E-state index contributed by atoms with van der Waals surface area (Å²) in [4.78, 5) is 40.7. The van der Waals surface area contributed by atoms with Gasteiger partial charge in [-0.2, -0.15) is 5.26 Å². The molecule has 1 unspecified atom stereocenters. The molecule has 2 aliphatic heterocycles. The number of aromatic nitrogens is 1. The molecule has 0 saturated carbocycles. The van der Waals surface area contributed by atoms with Crippen molar-refractivity contribution in [2.45, 2.75) is 38.8 Å². The third-order valence-electron chi connectivity index (χ3n) is 6.02. The van der Waals surface area contributed by atoms with Crippen molar-refractivity contribution in [1.82, 2.24) is 9.47 Å². The second kappa shape index (κ2) is 10.6. The summed E-state index contributed by atoms with van der Waals surface area (Å²) in [6.45, 7) is 2.09. The minimum atomic E-state index is -0.655. The molecule has 10 heteroatoms. The first kappa shape index (κ1) is 24.9. The van der Waals surface area contributed by atoms with Gasteiger partial charge in [0.1, 0.15) is 16.0 Å². The fraction of sp³-hybridized carbons (Fsp3) is 0.320. The molecule has 1 aromatic heterocycles. The van der Waals surface area contributed by atoms with Crippen molar-refractivity contribution in [2.75, 3.05) is 13.2 Å². The summed E-state index contributed by atoms with van der Waals surface area (Å²) in [5, 5.41) is 20.4. The van der Waals surface area contributed by atoms with Gasteiger partial charge in [-0.1, -0.05) is 54.3 Å². The molecule has 0 aliphatic carbocycles. The number of Topliss-reactive ketones (excluding diaryl/α,β-unsaturated/α-hetero) is 1. The fourth-order valence-electron chi connectivity index (χ4n) is 4.18. The number of ether oxygens (including phenoxy) is 1. The largest absolute Gasteiger partial charge is 0.494 e. The van der Waals surface area contributed by atoms with Crippen LogP contribution in [0.15, 0.2) is 40.0 Å². The first-order chi connectivity index (χ1) is 16.8. The van der Waals surface area contributed by atoms with Crippen LogP contribution in [0.4, 0.5) is 0 Å². The zero-order valence-electron chi connectivity index (χ0n) is 19.0. The Hall–Kier alpha value is -3.26. The number of pyridine rings is 1. The van der Waals surface area contributed by atoms with Crippen molar-refractivity contribution < 1.29 is 19.4 Å². The Morgan fingerprint density at radius 2 is 2.09 bits per heavy atom. The lowest BCUT2D eigenvalue weighted by atomic mass is 9.99. The number of amides is 1. The van der Waals surface area contributed by atoms with E-state index in [1.54, 1.807) is 6.08 Å². The van der Waals surface area contributed by atoms with Gasteiger partial charge < -0.3 is 9.84 Å². The molecule has 0 radical (unpaired) electrons. The molecule has 2 fully saturated rings. The van der Waals surface area contributed by atoms with Crippen LogP contribution >= 0.6 is 24.0 Å². The average Bonchev–Trinajstić information content (AvgIpc) is 3.44. The quantitative estimate of drug-likeness (QED) is 0.343. The zero-order valence-corrected chi connectivity index (χ0v) is 20.7. The molecule has 0 bridgehead atoms. The van der Waals surface area contributed by atoms with Crippen LogP contribution in [0, 0.1) is 18.3 Å². The molecular weight excluding hydrogens is 486 g/mol. The number of benzene rings is 1. The van der Waals surface area contributed by atoms with Crippen molar-refractivity contribution in [1.29, 1.82) is 5.26 Å². The lowest BCUT2D eigenvalue weighted by Crippen LogP contribution is -2.32. The van der Waals surface area contributed by atoms with Gasteiger partial charge in [0.05, 0.1) is 23.1 Å². The van der Waals surface area contributed by atoms with Gasteiger partial charge in [-0.25, -0.2) is 0 Å². The topological polar surface area (TPSA) is 113 Å². The maximum Gasteiger partial charge on any atom is 0.271 e. The van der Waals surface area contributed by atoms with E-state index in [2.05, 4.69) is 0 Å². The van der Waals surface area contributed by atoms with Crippen LogP contribution < -0.4 is 5.56 Å². The first-order valence-electron chi connectivity index (χ1n) is 11.1. The summed E-state index contributed by atoms with van der Waals surface area (Å²) in [7, 11) is 0. The second-order valence-electron chi connectivity index (χ2n) is 8.28. The molecule has 1 atom stereocenters. The van der Waals surface area contributed by atoms with E-state index in [4.69, 9.17) is 17.0 Å². The number of thioether (sulfide) groups is 1. The Morgan fingerprint density at radius 3 is 2.74 bits per heavy atom. The molecule has 2 aliphatic rings. The average molecular weight is 510 g/mol. The highest BCUT2D eigenvalue weighted by Gasteiger charge is 2.33. The van der Waals surface area contributed by atoms with Crippen LogP contribution in [-0.4, -0.2) is 49.8 Å². The smallest absolute Gasteiger partial charge is 0.271 e. The van der Waals surface area contributed by atoms with Crippen LogP contribution in [0.3, 0.4) is 0 Å². The molecule has 3 heterocycles. The highest BCUT2D eigenvalue weighted by atomic mass is 32.2. The van der Waals surface area contributed by atoms with Gasteiger partial charge in [0.25, 0.3) is 11.5 Å². The predicted molar refractivity (Wildman–Crippen MR) is 136 cm³/mol. The van der Waals surface area contributed by atoms with E-state index in [-0.39, 0.29) is 48.2 Å². The number of hydrogen-bond donors (Lipinski definition) is 1. The number of carbonyl (C=O) groups is 2. The molecule has 180 valence electrons. The van der Waals surface area contributed by atoms with E-state index >= 15 is 0 Å². The van der Waals surface area contributed by atoms with E-state index in [0.29, 0.717) is 15.8 Å². The number of hydrogen-bond acceptors (Lipinski definition) is 8. The Kier molecular flexibility index (Phi) is 7.50. The molecule has 1 N–H and O–H groups in total. The van der Waals surface area contributed by atoms with Crippen LogP contribution in [0.25, 0.3) is 6.08 Å². The van der Waals surface area contributed by atoms with Gasteiger partial charge in [0.2, 0.25) is 5.88 Å². The van der Waals surface area contributed by atoms with Gasteiger partial charge in [-0.3, -0.25) is 23.9 Å². The van der Waals surface area contributed by atoms with E-state index in [0.717, 1.165) is 34.7 Å². The van der Waals surface area contributed by atoms with E-state index < -0.39 is 17.2 Å². The van der Waals surface area contributed by atoms with Gasteiger partial charge >= 0.3 is 0 Å². The summed E-state index contributed by atoms with van der Waals surface area (Å²) in [5.74, 6) is -1.27. The Bertz CT molecular complexity index is 1320. The SMILES string of the molecule is Cc1c(C(=O)CCN2C(=O)/C(=C/c3ccccc3)SC2=S)c(O)n(CC2CCCO2)c(=O)c1C#N. The molecule has 35 heavy (non-hydrogen) atoms. The summed E-state index contributed by atoms with van der Waals surface area (Å²) >= 11 is 6.52. The lowest BCUT2D eigenvalue weighted by Gasteiger charge is -2.19. The van der Waals surface area contributed by atoms with Crippen molar-refractivity contribution >= 4 is 46.1 Å². The number of rotatable bonds is 7. The second-order valence-corrected chi connectivity index (χ2v) is 9.95. The molecule has 4 rings (SSSR count). The van der Waals surface area contributed by atoms with Crippen molar-refractivity contribution in [3.05, 3.63) is 67.8 Å². The maximum atomic E-state index is 13.2. The number of carbonyl (C=O) groups excluding carboxylic acids is 2. The number of aromatic hydroxyl groups is 1. The first-order valence-corrected chi connectivity index (χ1v) is 12.4. The summed E-state index contributed by atoms with van der Waals surface area (Å²) < 4.78 is 6.94. The third kappa shape index (κ3) is 5.07. The number of nitriles is 1. The number of ketones is 1. The van der Waals surface area contributed by atoms with Crippen molar-refractivity contribution in [2.24, 2.45) is 0 Å². The molecule has 8 nitrogen and oxygen atoms in total. The molecule has 1 aromatic carbocycles. The van der Waals surface area contributed by atoms with Gasteiger partial charge in [0, 0.05) is 19.6 Å². The number of thiocarbonyl (C=S) groups is 1. The normalized spacial score (nSPS) is 18.9. The number of nitrogens with zero attached hydrogens (tertiary/aromatic N) is 3. The van der Waals surface area contributed by atoms with E-state index in [9.17, 15) is 24.8 Å². The van der Waals surface area contributed by atoms with Crippen molar-refractivity contribution in [3.8, 4) is 11.9 Å². The van der Waals surface area contributed by atoms with Crippen LogP contribution in [-0.2, 0) is 16.1 Å². The summed E-state index contributed by atoms with van der Waals surface area (Å²) in [6.07, 6.45) is 2.89. The van der Waals surface area contributed by atoms with E-state index in [1.165, 1.54) is 11.8 Å². The highest BCUT2D eigenvalue weighted by Crippen LogP contribution is 2.33. The minimum Gasteiger partial charge on any atom is -0.494 e. The third-order valence-corrected chi connectivity index (χ3v) is 7.40. The molecule has 1 amide bonds. The Morgan fingerprint density at radius 1 is 1.34 bits per heavy atom. The van der Waals surface area contributed by atoms with Crippen LogP contribution in [0.1, 0.15) is 46.3 Å². The monoisotopic (exact) mass is 509 g/mol. The Balaban J connectivity index is 1.55. The molecule has 2 saturated heterocycles. The maximum absolute atomic E-state index is 13.2. The predicted octanol–water partition coefficient (Wildman–Crippen LogP) is 3.39.